The van der Waals surface area contributed by atoms with Crippen LogP contribution in [0.25, 0.3) is 11.3 Å². The number of rotatable bonds is 6. The molecule has 0 aliphatic carbocycles. The highest BCUT2D eigenvalue weighted by Gasteiger charge is 2.22. The average molecular weight is 404 g/mol. The number of imidazole rings is 1. The lowest BCUT2D eigenvalue weighted by molar-refractivity contribution is -0.114. The zero-order valence-corrected chi connectivity index (χ0v) is 16.5. The molecule has 140 valence electrons. The summed E-state index contributed by atoms with van der Waals surface area (Å²) in [6, 6.07) is 7.45. The third-order valence-corrected chi connectivity index (χ3v) is 4.77. The number of carbonyl (C=O) groups is 1. The van der Waals surface area contributed by atoms with E-state index in [1.807, 2.05) is 40.1 Å². The molecule has 0 spiro atoms. The van der Waals surface area contributed by atoms with Crippen LogP contribution in [-0.4, -0.2) is 27.1 Å². The van der Waals surface area contributed by atoms with Gasteiger partial charge in [0, 0.05) is 37.6 Å². The predicted molar refractivity (Wildman–Crippen MR) is 109 cm³/mol. The number of hydrogen-bond acceptors (Lipinski definition) is 4. The molecule has 27 heavy (non-hydrogen) atoms. The van der Waals surface area contributed by atoms with Gasteiger partial charge in [0.1, 0.15) is 6.33 Å². The van der Waals surface area contributed by atoms with Crippen molar-refractivity contribution < 1.29 is 4.79 Å². The first-order chi connectivity index (χ1) is 13.0. The molecule has 3 rings (SSSR count). The van der Waals surface area contributed by atoms with Crippen molar-refractivity contribution in [3.8, 4) is 11.3 Å². The Labute approximate surface area is 167 Å². The second-order valence-electron chi connectivity index (χ2n) is 5.91. The maximum Gasteiger partial charge on any atom is 0.221 e. The Morgan fingerprint density at radius 1 is 1.26 bits per heavy atom. The van der Waals surface area contributed by atoms with Crippen LogP contribution < -0.4 is 10.3 Å². The second kappa shape index (κ2) is 8.41. The van der Waals surface area contributed by atoms with Crippen LogP contribution >= 0.6 is 23.2 Å². The quantitative estimate of drug-likeness (QED) is 0.636. The fraction of sp³-hybridized carbons (Fsp3) is 0.211. The molecule has 0 radical (unpaired) electrons. The lowest BCUT2D eigenvalue weighted by atomic mass is 10.1. The molecule has 0 saturated carbocycles. The highest BCUT2D eigenvalue weighted by molar-refractivity contribution is 6.46. The number of amides is 1. The van der Waals surface area contributed by atoms with Crippen LogP contribution in [0.2, 0.25) is 10.0 Å². The number of anilines is 2. The van der Waals surface area contributed by atoms with Crippen molar-refractivity contribution in [2.75, 3.05) is 16.9 Å². The van der Waals surface area contributed by atoms with E-state index in [4.69, 9.17) is 23.2 Å². The Hall–Kier alpha value is -2.57. The van der Waals surface area contributed by atoms with Crippen molar-refractivity contribution in [1.29, 1.82) is 0 Å². The molecule has 0 aliphatic rings. The average Bonchev–Trinajstić information content (AvgIpc) is 3.19. The van der Waals surface area contributed by atoms with E-state index in [1.165, 1.54) is 6.92 Å². The molecule has 0 unspecified atom stereocenters. The van der Waals surface area contributed by atoms with Crippen LogP contribution in [0.15, 0.2) is 49.2 Å². The van der Waals surface area contributed by atoms with Crippen molar-refractivity contribution in [3.05, 3.63) is 59.2 Å². The minimum atomic E-state index is -0.238. The van der Waals surface area contributed by atoms with Crippen LogP contribution in [0, 0.1) is 0 Å². The van der Waals surface area contributed by atoms with Crippen molar-refractivity contribution in [2.45, 2.75) is 20.3 Å². The van der Waals surface area contributed by atoms with Crippen molar-refractivity contribution in [3.63, 3.8) is 0 Å². The second-order valence-corrected chi connectivity index (χ2v) is 6.66. The van der Waals surface area contributed by atoms with Gasteiger partial charge >= 0.3 is 0 Å². The fourth-order valence-electron chi connectivity index (χ4n) is 2.79. The fourth-order valence-corrected chi connectivity index (χ4v) is 3.28. The summed E-state index contributed by atoms with van der Waals surface area (Å²) < 4.78 is 1.85. The highest BCUT2D eigenvalue weighted by atomic mass is 35.5. The van der Waals surface area contributed by atoms with E-state index in [-0.39, 0.29) is 10.9 Å². The lowest BCUT2D eigenvalue weighted by Crippen LogP contribution is -2.29. The van der Waals surface area contributed by atoms with Gasteiger partial charge in [-0.2, -0.15) is 0 Å². The van der Waals surface area contributed by atoms with Gasteiger partial charge in [0.25, 0.3) is 0 Å². The van der Waals surface area contributed by atoms with E-state index in [0.29, 0.717) is 34.2 Å². The third-order valence-electron chi connectivity index (χ3n) is 3.91. The summed E-state index contributed by atoms with van der Waals surface area (Å²) in [5.41, 5.74) is 2.52. The van der Waals surface area contributed by atoms with Gasteiger partial charge in [-0.25, -0.2) is 9.66 Å². The van der Waals surface area contributed by atoms with Gasteiger partial charge in [-0.05, 0) is 24.6 Å². The maximum absolute atomic E-state index is 11.7. The molecule has 2 heterocycles. The van der Waals surface area contributed by atoms with Crippen LogP contribution in [0.5, 0.6) is 0 Å². The molecule has 3 aromatic rings. The Morgan fingerprint density at radius 2 is 2.07 bits per heavy atom. The summed E-state index contributed by atoms with van der Waals surface area (Å²) in [5, 5.41) is 5.38. The van der Waals surface area contributed by atoms with Gasteiger partial charge in [-0.3, -0.25) is 14.8 Å². The molecule has 1 amide bonds. The van der Waals surface area contributed by atoms with Gasteiger partial charge in [0.2, 0.25) is 5.91 Å². The molecule has 0 bridgehead atoms. The third kappa shape index (κ3) is 4.07. The van der Waals surface area contributed by atoms with E-state index in [2.05, 4.69) is 22.2 Å². The summed E-state index contributed by atoms with van der Waals surface area (Å²) in [6.45, 7) is 4.20. The molecular formula is C19H19Cl2N5O. The molecule has 0 aliphatic heterocycles. The Bertz CT molecular complexity index is 929. The van der Waals surface area contributed by atoms with Gasteiger partial charge in [-0.15, -0.1) is 0 Å². The summed E-state index contributed by atoms with van der Waals surface area (Å²) in [5.74, 6) is -0.238. The Kier molecular flexibility index (Phi) is 5.98. The Morgan fingerprint density at radius 3 is 2.67 bits per heavy atom. The van der Waals surface area contributed by atoms with Crippen LogP contribution in [0.3, 0.4) is 0 Å². The number of carbonyl (C=O) groups excluding carboxylic acids is 1. The molecule has 2 aromatic heterocycles. The number of nitrogens with zero attached hydrogens (tertiary/aromatic N) is 4. The van der Waals surface area contributed by atoms with Gasteiger partial charge in [-0.1, -0.05) is 36.2 Å². The number of benzene rings is 1. The van der Waals surface area contributed by atoms with Crippen LogP contribution in [0.1, 0.15) is 20.3 Å². The predicted octanol–water partition coefficient (Wildman–Crippen LogP) is 4.89. The molecule has 0 atom stereocenters. The van der Waals surface area contributed by atoms with Gasteiger partial charge in [0.05, 0.1) is 27.1 Å². The molecule has 1 N–H and O–H groups in total. The standard InChI is InChI=1S/C19H19Cl2N5O/c1-3-9-26(25-10-8-22-12-25)16-11-14(15-6-4-5-7-23-15)19(24-13(2)27)18(21)17(16)20/h4-8,10-12H,3,9H2,1-2H3,(H,24,27). The first kappa shape index (κ1) is 19.2. The molecular weight excluding hydrogens is 385 g/mol. The zero-order chi connectivity index (χ0) is 19.4. The molecule has 8 heteroatoms. The molecule has 0 fully saturated rings. The zero-order valence-electron chi connectivity index (χ0n) is 15.0. The molecule has 1 aromatic carbocycles. The van der Waals surface area contributed by atoms with Crippen molar-refractivity contribution in [1.82, 2.24) is 14.6 Å². The first-order valence-electron chi connectivity index (χ1n) is 8.49. The summed E-state index contributed by atoms with van der Waals surface area (Å²) in [7, 11) is 0. The van der Waals surface area contributed by atoms with E-state index < -0.39 is 0 Å². The number of aromatic nitrogens is 3. The summed E-state index contributed by atoms with van der Waals surface area (Å²) in [6.07, 6.45) is 7.81. The number of halogens is 2. The largest absolute Gasteiger partial charge is 0.324 e. The summed E-state index contributed by atoms with van der Waals surface area (Å²) in [4.78, 5) is 20.2. The van der Waals surface area contributed by atoms with E-state index in [1.54, 1.807) is 18.7 Å². The van der Waals surface area contributed by atoms with Crippen LogP contribution in [0.4, 0.5) is 11.4 Å². The first-order valence-corrected chi connectivity index (χ1v) is 9.25. The van der Waals surface area contributed by atoms with E-state index >= 15 is 0 Å². The summed E-state index contributed by atoms with van der Waals surface area (Å²) >= 11 is 13.2. The van der Waals surface area contributed by atoms with Crippen molar-refractivity contribution in [2.24, 2.45) is 0 Å². The minimum Gasteiger partial charge on any atom is -0.324 e. The lowest BCUT2D eigenvalue weighted by Gasteiger charge is -2.28. The minimum absolute atomic E-state index is 0.238. The number of pyridine rings is 1. The van der Waals surface area contributed by atoms with Crippen LogP contribution in [-0.2, 0) is 4.79 Å². The van der Waals surface area contributed by atoms with Gasteiger partial charge < -0.3 is 5.32 Å². The topological polar surface area (TPSA) is 63.1 Å². The SMILES string of the molecule is CCCN(c1cc(-c2ccccn2)c(NC(C)=O)c(Cl)c1Cl)n1ccnc1. The molecule has 6 nitrogen and oxygen atoms in total. The maximum atomic E-state index is 11.7. The van der Waals surface area contributed by atoms with E-state index in [9.17, 15) is 4.79 Å². The number of nitrogens with one attached hydrogen (secondary N) is 1. The molecule has 0 saturated heterocycles. The van der Waals surface area contributed by atoms with Crippen molar-refractivity contribution >= 4 is 40.5 Å². The van der Waals surface area contributed by atoms with E-state index in [0.717, 1.165) is 6.42 Å². The number of hydrogen-bond donors (Lipinski definition) is 1. The Balaban J connectivity index is 2.23. The van der Waals surface area contributed by atoms with Gasteiger partial charge in [0.15, 0.2) is 0 Å². The highest BCUT2D eigenvalue weighted by Crippen LogP contribution is 2.44. The monoisotopic (exact) mass is 403 g/mol. The smallest absolute Gasteiger partial charge is 0.221 e. The normalized spacial score (nSPS) is 10.7.